The minimum atomic E-state index is -3.72. The predicted molar refractivity (Wildman–Crippen MR) is 166 cm³/mol. The quantitative estimate of drug-likeness (QED) is 0.264. The highest BCUT2D eigenvalue weighted by atomic mass is 32.2. The number of furan rings is 1. The lowest BCUT2D eigenvalue weighted by atomic mass is 10.0. The third-order valence-electron chi connectivity index (χ3n) is 7.86. The minimum absolute atomic E-state index is 0.185. The van der Waals surface area contributed by atoms with Gasteiger partial charge in [0.2, 0.25) is 10.0 Å². The van der Waals surface area contributed by atoms with E-state index in [-0.39, 0.29) is 29.6 Å². The molecule has 12 heteroatoms. The van der Waals surface area contributed by atoms with Crippen LogP contribution in [0.3, 0.4) is 0 Å². The summed E-state index contributed by atoms with van der Waals surface area (Å²) in [5.74, 6) is 0.00766. The third-order valence-corrected chi connectivity index (χ3v) is 9.05. The molecule has 2 aromatic carbocycles. The third kappa shape index (κ3) is 4.29. The summed E-state index contributed by atoms with van der Waals surface area (Å²) in [5, 5.41) is 3.57. The number of sulfonamides is 1. The van der Waals surface area contributed by atoms with E-state index in [1.54, 1.807) is 48.7 Å². The van der Waals surface area contributed by atoms with Crippen LogP contribution in [0.4, 0.5) is 10.1 Å². The topological polar surface area (TPSA) is 120 Å². The summed E-state index contributed by atoms with van der Waals surface area (Å²) in [6, 6.07) is 17.0. The molecule has 1 N–H and O–H groups in total. The van der Waals surface area contributed by atoms with Gasteiger partial charge in [-0.25, -0.2) is 17.8 Å². The van der Waals surface area contributed by atoms with E-state index in [9.17, 15) is 17.6 Å². The molecule has 0 saturated heterocycles. The molecule has 0 bridgehead atoms. The first-order valence-corrected chi connectivity index (χ1v) is 15.5. The van der Waals surface area contributed by atoms with Crippen LogP contribution in [-0.2, 0) is 16.8 Å². The number of nitrogens with one attached hydrogen (secondary N) is 1. The number of pyridine rings is 2. The minimum Gasteiger partial charge on any atom is -0.470 e. The summed E-state index contributed by atoms with van der Waals surface area (Å²) in [4.78, 5) is 22.6. The van der Waals surface area contributed by atoms with Gasteiger partial charge in [0.1, 0.15) is 28.5 Å². The van der Waals surface area contributed by atoms with Crippen LogP contribution in [0.25, 0.3) is 56.0 Å². The van der Waals surface area contributed by atoms with E-state index in [1.807, 2.05) is 23.6 Å². The lowest BCUT2D eigenvalue weighted by Gasteiger charge is -2.23. The summed E-state index contributed by atoms with van der Waals surface area (Å²) >= 11 is 0. The van der Waals surface area contributed by atoms with Gasteiger partial charge in [0, 0.05) is 42.7 Å². The largest absolute Gasteiger partial charge is 0.470 e. The average Bonchev–Trinajstić information content (AvgIpc) is 3.59. The molecule has 4 aromatic heterocycles. The van der Waals surface area contributed by atoms with E-state index in [2.05, 4.69) is 10.3 Å². The van der Waals surface area contributed by atoms with Crippen LogP contribution in [0.15, 0.2) is 71.3 Å². The smallest absolute Gasteiger partial charge is 0.255 e. The Morgan fingerprint density at radius 1 is 1.07 bits per heavy atom. The Morgan fingerprint density at radius 2 is 1.86 bits per heavy atom. The number of benzene rings is 2. The number of rotatable bonds is 5. The van der Waals surface area contributed by atoms with Gasteiger partial charge in [-0.2, -0.15) is 0 Å². The maximum absolute atomic E-state index is 14.7. The number of fused-ring (bicyclic) bond motifs is 6. The van der Waals surface area contributed by atoms with Crippen molar-refractivity contribution < 1.29 is 26.8 Å². The Kier molecular flexibility index (Phi) is 6.22. The number of aromatic nitrogens is 3. The number of ether oxygens (including phenoxy) is 1. The van der Waals surface area contributed by atoms with Crippen molar-refractivity contribution in [3.8, 4) is 39.8 Å². The van der Waals surface area contributed by atoms with Crippen LogP contribution < -0.4 is 14.4 Å². The molecule has 0 atom stereocenters. The first-order valence-electron chi connectivity index (χ1n) is 13.7. The van der Waals surface area contributed by atoms with Gasteiger partial charge in [-0.05, 0) is 55.0 Å². The molecule has 10 nitrogen and oxygen atoms in total. The maximum atomic E-state index is 14.7. The number of hydrogen-bond donors (Lipinski definition) is 1. The molecule has 0 saturated carbocycles. The first-order chi connectivity index (χ1) is 21.0. The van der Waals surface area contributed by atoms with E-state index in [4.69, 9.17) is 14.1 Å². The molecule has 6 aromatic rings. The van der Waals surface area contributed by atoms with Gasteiger partial charge in [0.15, 0.2) is 12.5 Å². The molecule has 0 fully saturated rings. The highest BCUT2D eigenvalue weighted by molar-refractivity contribution is 7.92. The van der Waals surface area contributed by atoms with Crippen LogP contribution in [0.1, 0.15) is 15.9 Å². The molecular weight excluding hydrogens is 585 g/mol. The van der Waals surface area contributed by atoms with Gasteiger partial charge < -0.3 is 19.0 Å². The van der Waals surface area contributed by atoms with Gasteiger partial charge in [-0.1, -0.05) is 12.1 Å². The highest BCUT2D eigenvalue weighted by Gasteiger charge is 2.28. The van der Waals surface area contributed by atoms with Crippen molar-refractivity contribution in [1.29, 1.82) is 0 Å². The molecule has 5 heterocycles. The lowest BCUT2D eigenvalue weighted by molar-refractivity contribution is 0.0964. The van der Waals surface area contributed by atoms with E-state index >= 15 is 0 Å². The van der Waals surface area contributed by atoms with Crippen molar-refractivity contribution in [2.75, 3.05) is 24.7 Å². The molecule has 0 unspecified atom stereocenters. The Bertz CT molecular complexity index is 2260. The molecule has 7 rings (SSSR count). The van der Waals surface area contributed by atoms with E-state index in [0.717, 1.165) is 16.1 Å². The fraction of sp³-hybridized carbons (Fsp3) is 0.156. The standard InChI is InChI=1S/C32H26FN5O5S/c1-17-8-9-23(35-15-17)31-29(32(39)34-2)20-12-19(25(14-28(20)43-31)37(3)44(4,40)41)22-10-11-27-30(36-22)26-13-18-21(33)6-5-7-24(18)38(26)16-42-27/h5-15H,16H2,1-4H3,(H,34,39). The summed E-state index contributed by atoms with van der Waals surface area (Å²) in [7, 11) is -0.764. The molecule has 1 aliphatic rings. The molecule has 222 valence electrons. The zero-order valence-electron chi connectivity index (χ0n) is 24.2. The van der Waals surface area contributed by atoms with E-state index in [1.165, 1.54) is 20.2 Å². The van der Waals surface area contributed by atoms with Crippen LogP contribution >= 0.6 is 0 Å². The summed E-state index contributed by atoms with van der Waals surface area (Å²) in [5.41, 5.74) is 4.88. The number of carbonyl (C=O) groups is 1. The predicted octanol–water partition coefficient (Wildman–Crippen LogP) is 5.73. The maximum Gasteiger partial charge on any atom is 0.255 e. The molecule has 44 heavy (non-hydrogen) atoms. The van der Waals surface area contributed by atoms with Crippen molar-refractivity contribution in [3.05, 3.63) is 83.8 Å². The molecule has 1 aliphatic heterocycles. The normalized spacial score (nSPS) is 12.6. The van der Waals surface area contributed by atoms with Crippen LogP contribution in [0.5, 0.6) is 5.75 Å². The Hall–Kier alpha value is -5.23. The van der Waals surface area contributed by atoms with Crippen LogP contribution in [0.2, 0.25) is 0 Å². The Morgan fingerprint density at radius 3 is 2.59 bits per heavy atom. The molecule has 0 spiro atoms. The SMILES string of the molecule is CNC(=O)c1c(-c2ccc(C)cn2)oc2cc(N(C)S(C)(=O)=O)c(-c3ccc4c(n3)-c3cc5c(F)cccc5n3CO4)cc12. The summed E-state index contributed by atoms with van der Waals surface area (Å²) < 4.78 is 55.4. The number of carbonyl (C=O) groups excluding carboxylic acids is 1. The van der Waals surface area contributed by atoms with Crippen molar-refractivity contribution in [2.24, 2.45) is 0 Å². The van der Waals surface area contributed by atoms with Crippen molar-refractivity contribution in [2.45, 2.75) is 13.7 Å². The first kappa shape index (κ1) is 27.6. The van der Waals surface area contributed by atoms with Gasteiger partial charge >= 0.3 is 0 Å². The van der Waals surface area contributed by atoms with Gasteiger partial charge in [0.05, 0.1) is 34.4 Å². The van der Waals surface area contributed by atoms with E-state index in [0.29, 0.717) is 56.0 Å². The number of amides is 1. The van der Waals surface area contributed by atoms with Gasteiger partial charge in [-0.15, -0.1) is 0 Å². The van der Waals surface area contributed by atoms with Gasteiger partial charge in [-0.3, -0.25) is 14.1 Å². The second-order valence-electron chi connectivity index (χ2n) is 10.6. The molecule has 1 amide bonds. The number of nitrogens with zero attached hydrogens (tertiary/aromatic N) is 4. The molecular formula is C32H26FN5O5S. The second kappa shape index (κ2) is 9.91. The zero-order chi connectivity index (χ0) is 30.9. The van der Waals surface area contributed by atoms with Crippen LogP contribution in [-0.4, -0.2) is 49.2 Å². The number of aryl methyl sites for hydroxylation is 1. The fourth-order valence-corrected chi connectivity index (χ4v) is 6.03. The van der Waals surface area contributed by atoms with Crippen LogP contribution in [0, 0.1) is 12.7 Å². The van der Waals surface area contributed by atoms with E-state index < -0.39 is 15.9 Å². The zero-order valence-corrected chi connectivity index (χ0v) is 25.0. The van der Waals surface area contributed by atoms with Gasteiger partial charge in [0.25, 0.3) is 5.91 Å². The average molecular weight is 612 g/mol. The fourth-order valence-electron chi connectivity index (χ4n) is 5.52. The van der Waals surface area contributed by atoms with Crippen molar-refractivity contribution in [3.63, 3.8) is 0 Å². The van der Waals surface area contributed by atoms with Crippen molar-refractivity contribution >= 4 is 43.5 Å². The number of anilines is 1. The monoisotopic (exact) mass is 611 g/mol. The Labute approximate surface area is 251 Å². The summed E-state index contributed by atoms with van der Waals surface area (Å²) in [6.45, 7) is 2.09. The molecule has 0 aliphatic carbocycles. The summed E-state index contributed by atoms with van der Waals surface area (Å²) in [6.07, 6.45) is 2.77. The highest BCUT2D eigenvalue weighted by Crippen LogP contribution is 2.43. The number of halogens is 1. The van der Waals surface area contributed by atoms with Crippen molar-refractivity contribution in [1.82, 2.24) is 19.9 Å². The number of hydrogen-bond acceptors (Lipinski definition) is 7. The lowest BCUT2D eigenvalue weighted by Crippen LogP contribution is -2.25. The second-order valence-corrected chi connectivity index (χ2v) is 12.7. The molecule has 0 radical (unpaired) electrons. The Balaban J connectivity index is 1.50.